The molecule has 0 saturated carbocycles. The first-order valence-electron chi connectivity index (χ1n) is 9.69. The summed E-state index contributed by atoms with van der Waals surface area (Å²) in [5.41, 5.74) is 1.78. The van der Waals surface area contributed by atoms with Crippen LogP contribution in [0.25, 0.3) is 0 Å². The fourth-order valence-corrected chi connectivity index (χ4v) is 5.23. The van der Waals surface area contributed by atoms with Crippen molar-refractivity contribution in [3.8, 4) is 11.5 Å². The number of rotatable bonds is 8. The van der Waals surface area contributed by atoms with Crippen LogP contribution >= 0.6 is 22.9 Å². The van der Waals surface area contributed by atoms with Gasteiger partial charge in [-0.15, -0.1) is 11.3 Å². The molecule has 0 amide bonds. The van der Waals surface area contributed by atoms with E-state index in [-0.39, 0.29) is 4.90 Å². The van der Waals surface area contributed by atoms with Gasteiger partial charge in [-0.1, -0.05) is 35.9 Å². The summed E-state index contributed by atoms with van der Waals surface area (Å²) in [6.45, 7) is 2.27. The van der Waals surface area contributed by atoms with Crippen LogP contribution in [0.1, 0.15) is 10.4 Å². The molecule has 3 aromatic carbocycles. The summed E-state index contributed by atoms with van der Waals surface area (Å²) in [6.07, 6.45) is 1.69. The van der Waals surface area contributed by atoms with Crippen LogP contribution in [-0.2, 0) is 16.6 Å². The number of para-hydroxylation sites is 1. The quantitative estimate of drug-likeness (QED) is 0.305. The lowest BCUT2D eigenvalue weighted by molar-refractivity contribution is 0.483. The Bertz CT molecular complexity index is 1310. The molecule has 2 N–H and O–H groups in total. The highest BCUT2D eigenvalue weighted by molar-refractivity contribution is 7.92. The van der Waals surface area contributed by atoms with Crippen LogP contribution < -0.4 is 14.8 Å². The second-order valence-electron chi connectivity index (χ2n) is 6.96. The maximum Gasteiger partial charge on any atom is 0.262 e. The largest absolute Gasteiger partial charge is 0.457 e. The van der Waals surface area contributed by atoms with Gasteiger partial charge in [-0.25, -0.2) is 13.4 Å². The van der Waals surface area contributed by atoms with Gasteiger partial charge < -0.3 is 10.1 Å². The Hall–Kier alpha value is -3.07. The fourth-order valence-electron chi connectivity index (χ4n) is 2.98. The number of ether oxygens (including phenoxy) is 1. The number of nitrogens with zero attached hydrogens (tertiary/aromatic N) is 1. The third-order valence-electron chi connectivity index (χ3n) is 4.56. The second kappa shape index (κ2) is 9.60. The van der Waals surface area contributed by atoms with E-state index in [4.69, 9.17) is 16.3 Å². The van der Waals surface area contributed by atoms with Gasteiger partial charge in [0, 0.05) is 22.4 Å². The van der Waals surface area contributed by atoms with Crippen LogP contribution in [0.15, 0.2) is 83.9 Å². The van der Waals surface area contributed by atoms with E-state index in [0.717, 1.165) is 4.88 Å². The van der Waals surface area contributed by atoms with E-state index in [2.05, 4.69) is 15.0 Å². The average molecular weight is 486 g/mol. The molecule has 0 aliphatic heterocycles. The second-order valence-corrected chi connectivity index (χ2v) is 10.3. The third-order valence-corrected chi connectivity index (χ3v) is 7.19. The van der Waals surface area contributed by atoms with Gasteiger partial charge in [0.25, 0.3) is 10.0 Å². The first-order valence-corrected chi connectivity index (χ1v) is 12.4. The highest BCUT2D eigenvalue weighted by atomic mass is 35.5. The third kappa shape index (κ3) is 5.59. The van der Waals surface area contributed by atoms with Crippen molar-refractivity contribution in [3.63, 3.8) is 0 Å². The highest BCUT2D eigenvalue weighted by Gasteiger charge is 2.18. The molecule has 0 radical (unpaired) electrons. The predicted octanol–water partition coefficient (Wildman–Crippen LogP) is 6.31. The summed E-state index contributed by atoms with van der Waals surface area (Å²) in [5, 5.41) is 3.21. The summed E-state index contributed by atoms with van der Waals surface area (Å²) in [6, 6.07) is 21.4. The Labute approximate surface area is 195 Å². The topological polar surface area (TPSA) is 80.3 Å². The molecule has 0 saturated heterocycles. The average Bonchev–Trinajstić information content (AvgIpc) is 3.20. The van der Waals surface area contributed by atoms with E-state index in [1.807, 2.05) is 36.4 Å². The summed E-state index contributed by atoms with van der Waals surface area (Å²) < 4.78 is 34.9. The summed E-state index contributed by atoms with van der Waals surface area (Å²) in [5.74, 6) is 1.33. The number of sulfonamides is 1. The molecule has 9 heteroatoms. The van der Waals surface area contributed by atoms with E-state index in [0.29, 0.717) is 39.4 Å². The van der Waals surface area contributed by atoms with E-state index in [1.54, 1.807) is 49.5 Å². The monoisotopic (exact) mass is 485 g/mol. The number of aryl methyl sites for hydroxylation is 1. The van der Waals surface area contributed by atoms with Crippen molar-refractivity contribution in [3.05, 3.63) is 93.9 Å². The van der Waals surface area contributed by atoms with Gasteiger partial charge in [0.1, 0.15) is 11.5 Å². The fraction of sp³-hybridized carbons (Fsp3) is 0.0870. The number of nitrogens with one attached hydrogen (secondary N) is 2. The molecule has 1 aromatic heterocycles. The zero-order valence-electron chi connectivity index (χ0n) is 17.1. The molecular weight excluding hydrogens is 466 g/mol. The number of halogens is 1. The molecule has 0 fully saturated rings. The van der Waals surface area contributed by atoms with Crippen molar-refractivity contribution in [2.24, 2.45) is 0 Å². The molecule has 0 unspecified atom stereocenters. The van der Waals surface area contributed by atoms with Crippen LogP contribution in [0.3, 0.4) is 0 Å². The SMILES string of the molecule is Cc1ccc(NCc2cnc(Cl)s2)cc1S(=O)(=O)Nc1ccc(Oc2ccccc2)cc1. The van der Waals surface area contributed by atoms with Crippen molar-refractivity contribution in [1.82, 2.24) is 4.98 Å². The molecule has 0 atom stereocenters. The minimum atomic E-state index is -3.78. The summed E-state index contributed by atoms with van der Waals surface area (Å²) >= 11 is 7.23. The molecule has 0 aliphatic rings. The zero-order chi connectivity index (χ0) is 22.6. The van der Waals surface area contributed by atoms with Gasteiger partial charge in [-0.2, -0.15) is 0 Å². The van der Waals surface area contributed by atoms with Crippen LogP contribution in [0, 0.1) is 6.92 Å². The number of aromatic nitrogens is 1. The number of benzene rings is 3. The minimum Gasteiger partial charge on any atom is -0.457 e. The van der Waals surface area contributed by atoms with Crippen molar-refractivity contribution >= 4 is 44.3 Å². The van der Waals surface area contributed by atoms with Crippen LogP contribution in [-0.4, -0.2) is 13.4 Å². The standard InChI is InChI=1S/C23H20ClN3O3S2/c1-16-7-8-18(25-14-21-15-26-23(24)31-21)13-22(16)32(28,29)27-17-9-11-20(12-10-17)30-19-5-3-2-4-6-19/h2-13,15,25,27H,14H2,1H3. The Morgan fingerprint density at radius 1 is 0.969 bits per heavy atom. The molecule has 0 aliphatic carbocycles. The number of anilines is 2. The zero-order valence-corrected chi connectivity index (χ0v) is 19.5. The van der Waals surface area contributed by atoms with Gasteiger partial charge >= 0.3 is 0 Å². The van der Waals surface area contributed by atoms with E-state index in [9.17, 15) is 8.42 Å². The number of thiazole rings is 1. The van der Waals surface area contributed by atoms with Crippen LogP contribution in [0.4, 0.5) is 11.4 Å². The first kappa shape index (κ1) is 22.1. The van der Waals surface area contributed by atoms with Gasteiger partial charge in [-0.05, 0) is 61.0 Å². The molecule has 32 heavy (non-hydrogen) atoms. The normalized spacial score (nSPS) is 11.2. The van der Waals surface area contributed by atoms with E-state index >= 15 is 0 Å². The molecule has 6 nitrogen and oxygen atoms in total. The van der Waals surface area contributed by atoms with E-state index in [1.165, 1.54) is 11.3 Å². The van der Waals surface area contributed by atoms with Gasteiger partial charge in [-0.3, -0.25) is 4.72 Å². The molecule has 164 valence electrons. The summed E-state index contributed by atoms with van der Waals surface area (Å²) in [7, 11) is -3.78. The Morgan fingerprint density at radius 2 is 1.66 bits per heavy atom. The van der Waals surface area contributed by atoms with Gasteiger partial charge in [0.15, 0.2) is 4.47 Å². The van der Waals surface area contributed by atoms with Crippen LogP contribution in [0.2, 0.25) is 4.47 Å². The maximum absolute atomic E-state index is 13.0. The number of hydrogen-bond donors (Lipinski definition) is 2. The molecular formula is C23H20ClN3O3S2. The van der Waals surface area contributed by atoms with Gasteiger partial charge in [0.05, 0.1) is 11.4 Å². The van der Waals surface area contributed by atoms with Crippen molar-refractivity contribution < 1.29 is 13.2 Å². The summed E-state index contributed by atoms with van der Waals surface area (Å²) in [4.78, 5) is 5.16. The molecule has 4 rings (SSSR count). The molecule has 0 spiro atoms. The Balaban J connectivity index is 1.46. The highest BCUT2D eigenvalue weighted by Crippen LogP contribution is 2.27. The van der Waals surface area contributed by atoms with Crippen LogP contribution in [0.5, 0.6) is 11.5 Å². The van der Waals surface area contributed by atoms with Gasteiger partial charge in [0.2, 0.25) is 0 Å². The molecule has 1 heterocycles. The lowest BCUT2D eigenvalue weighted by atomic mass is 10.2. The predicted molar refractivity (Wildman–Crippen MR) is 129 cm³/mol. The minimum absolute atomic E-state index is 0.203. The lowest BCUT2D eigenvalue weighted by Gasteiger charge is -2.13. The van der Waals surface area contributed by atoms with Crippen molar-refractivity contribution in [2.45, 2.75) is 18.4 Å². The molecule has 4 aromatic rings. The van der Waals surface area contributed by atoms with Crippen molar-refractivity contribution in [2.75, 3.05) is 10.0 Å². The smallest absolute Gasteiger partial charge is 0.262 e. The Morgan fingerprint density at radius 3 is 2.34 bits per heavy atom. The molecule has 0 bridgehead atoms. The Kier molecular flexibility index (Phi) is 6.64. The van der Waals surface area contributed by atoms with Crippen molar-refractivity contribution in [1.29, 1.82) is 0 Å². The lowest BCUT2D eigenvalue weighted by Crippen LogP contribution is -2.14. The maximum atomic E-state index is 13.0. The first-order chi connectivity index (χ1) is 15.4. The number of hydrogen-bond acceptors (Lipinski definition) is 6. The van der Waals surface area contributed by atoms with E-state index < -0.39 is 10.0 Å².